The zero-order valence-electron chi connectivity index (χ0n) is 30.6. The van der Waals surface area contributed by atoms with Crippen molar-refractivity contribution in [3.05, 3.63) is 102 Å². The standard InChI is InChI=1S/C42H48N8O3.ClH/c1-26-22-31(41(52)46-32-17-20-44-21-18-32)13-15-34(26)29-9-5-27(6-10-29)23-38(50-40(51)30-11-7-28(25-43)8-12-30)42(53)47-33-14-16-35-37(24-33)49-39(48-35)36-4-2-3-19-45-36;/h2-6,9-10,13-16,19,22,24,28,30,32,38,44H,7-8,11-12,17-18,20-21,23,25,43H2,1H3,(H,46,52)(H,47,53)(H,48,49)(H,50,51);1H/t28?,30?,38-;/m0./s1. The smallest absolute Gasteiger partial charge is 0.251 e. The second kappa shape index (κ2) is 17.8. The van der Waals surface area contributed by atoms with E-state index in [0.29, 0.717) is 36.0 Å². The Morgan fingerprint density at radius 1 is 0.907 bits per heavy atom. The van der Waals surface area contributed by atoms with Crippen LogP contribution in [0.1, 0.15) is 60.0 Å². The van der Waals surface area contributed by atoms with E-state index in [1.54, 1.807) is 6.20 Å². The molecule has 0 bridgehead atoms. The Balaban J connectivity index is 0.00000497. The molecule has 2 aromatic heterocycles. The van der Waals surface area contributed by atoms with Gasteiger partial charge in [0, 0.05) is 35.8 Å². The molecule has 282 valence electrons. The van der Waals surface area contributed by atoms with Crippen LogP contribution in [-0.2, 0) is 16.0 Å². The van der Waals surface area contributed by atoms with E-state index in [-0.39, 0.29) is 42.1 Å². The first kappa shape index (κ1) is 38.6. The van der Waals surface area contributed by atoms with Gasteiger partial charge in [0.1, 0.15) is 11.7 Å². The summed E-state index contributed by atoms with van der Waals surface area (Å²) in [6.07, 6.45) is 7.28. The van der Waals surface area contributed by atoms with Gasteiger partial charge in [-0.25, -0.2) is 4.98 Å². The molecule has 0 unspecified atom stereocenters. The van der Waals surface area contributed by atoms with Crippen LogP contribution in [0.25, 0.3) is 33.7 Å². The first-order valence-electron chi connectivity index (χ1n) is 18.8. The summed E-state index contributed by atoms with van der Waals surface area (Å²) in [7, 11) is 0. The minimum Gasteiger partial charge on any atom is -0.349 e. The Morgan fingerprint density at radius 3 is 2.39 bits per heavy atom. The van der Waals surface area contributed by atoms with Crippen molar-refractivity contribution in [2.75, 3.05) is 25.0 Å². The summed E-state index contributed by atoms with van der Waals surface area (Å²) < 4.78 is 0. The first-order valence-corrected chi connectivity index (χ1v) is 18.8. The summed E-state index contributed by atoms with van der Waals surface area (Å²) in [4.78, 5) is 52.8. The van der Waals surface area contributed by atoms with E-state index in [0.717, 1.165) is 90.6 Å². The van der Waals surface area contributed by atoms with Crippen molar-refractivity contribution in [1.82, 2.24) is 30.9 Å². The van der Waals surface area contributed by atoms with E-state index in [1.165, 1.54) is 0 Å². The third-order valence-corrected chi connectivity index (χ3v) is 10.7. The molecular weight excluding hydrogens is 700 g/mol. The molecule has 7 rings (SSSR count). The van der Waals surface area contributed by atoms with Gasteiger partial charge in [-0.3, -0.25) is 19.4 Å². The van der Waals surface area contributed by atoms with Gasteiger partial charge in [-0.05, 0) is 136 Å². The van der Waals surface area contributed by atoms with E-state index in [2.05, 4.69) is 36.2 Å². The third-order valence-electron chi connectivity index (χ3n) is 10.7. The fourth-order valence-electron chi connectivity index (χ4n) is 7.52. The molecule has 1 aliphatic heterocycles. The van der Waals surface area contributed by atoms with E-state index in [9.17, 15) is 14.4 Å². The van der Waals surface area contributed by atoms with Crippen LogP contribution in [0.3, 0.4) is 0 Å². The minimum absolute atomic E-state index is 0. The van der Waals surface area contributed by atoms with Crippen molar-refractivity contribution >= 4 is 46.8 Å². The summed E-state index contributed by atoms with van der Waals surface area (Å²) in [5.41, 5.74) is 13.4. The van der Waals surface area contributed by atoms with Crippen molar-refractivity contribution in [3.8, 4) is 22.6 Å². The van der Waals surface area contributed by atoms with Crippen LogP contribution < -0.4 is 27.0 Å². The van der Waals surface area contributed by atoms with Crippen molar-refractivity contribution in [2.24, 2.45) is 17.6 Å². The molecule has 11 nitrogen and oxygen atoms in total. The lowest BCUT2D eigenvalue weighted by atomic mass is 9.81. The van der Waals surface area contributed by atoms with Crippen molar-refractivity contribution in [3.63, 3.8) is 0 Å². The SMILES string of the molecule is Cc1cc(C(=O)NC2CCNCC2)ccc1-c1ccc(C[C@H](NC(=O)C2CCC(CN)CC2)C(=O)Nc2ccc3nc(-c4ccccn4)[nH]c3c2)cc1.Cl. The number of anilines is 1. The van der Waals surface area contributed by atoms with Crippen molar-refractivity contribution < 1.29 is 14.4 Å². The number of nitrogens with one attached hydrogen (secondary N) is 5. The molecule has 2 aliphatic rings. The molecule has 54 heavy (non-hydrogen) atoms. The van der Waals surface area contributed by atoms with Gasteiger partial charge in [0.05, 0.1) is 11.0 Å². The number of imidazole rings is 1. The third kappa shape index (κ3) is 9.33. The molecule has 1 atom stereocenters. The van der Waals surface area contributed by atoms with Gasteiger partial charge in [-0.15, -0.1) is 12.4 Å². The molecule has 7 N–H and O–H groups in total. The van der Waals surface area contributed by atoms with Crippen LogP contribution in [0.5, 0.6) is 0 Å². The van der Waals surface area contributed by atoms with Crippen LogP contribution in [0, 0.1) is 18.8 Å². The van der Waals surface area contributed by atoms with Gasteiger partial charge < -0.3 is 32.0 Å². The second-order valence-electron chi connectivity index (χ2n) is 14.5. The van der Waals surface area contributed by atoms with E-state index < -0.39 is 6.04 Å². The van der Waals surface area contributed by atoms with Crippen LogP contribution in [0.15, 0.2) is 85.1 Å². The number of aromatic nitrogens is 3. The van der Waals surface area contributed by atoms with Gasteiger partial charge in [0.25, 0.3) is 5.91 Å². The molecule has 0 spiro atoms. The van der Waals surface area contributed by atoms with Crippen molar-refractivity contribution in [1.29, 1.82) is 0 Å². The average Bonchev–Trinajstić information content (AvgIpc) is 3.62. The zero-order valence-corrected chi connectivity index (χ0v) is 31.4. The molecule has 3 amide bonds. The van der Waals surface area contributed by atoms with Gasteiger partial charge >= 0.3 is 0 Å². The fraction of sp³-hybridized carbons (Fsp3) is 0.357. The number of fused-ring (bicyclic) bond motifs is 1. The Hall–Kier alpha value is -5.10. The number of H-pyrrole nitrogens is 1. The van der Waals surface area contributed by atoms with E-state index in [1.807, 2.05) is 85.8 Å². The number of carbonyl (C=O) groups excluding carboxylic acids is 3. The summed E-state index contributed by atoms with van der Waals surface area (Å²) in [5.74, 6) is 0.515. The number of nitrogens with zero attached hydrogens (tertiary/aromatic N) is 2. The summed E-state index contributed by atoms with van der Waals surface area (Å²) in [6, 6.07) is 24.4. The number of aromatic amines is 1. The molecule has 1 aliphatic carbocycles. The van der Waals surface area contributed by atoms with Crippen LogP contribution >= 0.6 is 12.4 Å². The highest BCUT2D eigenvalue weighted by Gasteiger charge is 2.29. The highest BCUT2D eigenvalue weighted by Crippen LogP contribution is 2.29. The Labute approximate surface area is 322 Å². The second-order valence-corrected chi connectivity index (χ2v) is 14.5. The molecule has 3 heterocycles. The highest BCUT2D eigenvalue weighted by atomic mass is 35.5. The number of carbonyl (C=O) groups is 3. The van der Waals surface area contributed by atoms with Gasteiger partial charge in [0.2, 0.25) is 11.8 Å². The van der Waals surface area contributed by atoms with Gasteiger partial charge in [-0.2, -0.15) is 0 Å². The normalized spacial score (nSPS) is 18.0. The fourth-order valence-corrected chi connectivity index (χ4v) is 7.52. The van der Waals surface area contributed by atoms with Crippen LogP contribution in [0.2, 0.25) is 0 Å². The number of hydrogen-bond donors (Lipinski definition) is 6. The molecule has 0 radical (unpaired) electrons. The maximum Gasteiger partial charge on any atom is 0.251 e. The Kier molecular flexibility index (Phi) is 12.7. The molecule has 5 aromatic rings. The summed E-state index contributed by atoms with van der Waals surface area (Å²) in [6.45, 7) is 4.49. The van der Waals surface area contributed by atoms with Crippen molar-refractivity contribution in [2.45, 2.75) is 64.0 Å². The molecule has 3 aromatic carbocycles. The lowest BCUT2D eigenvalue weighted by molar-refractivity contribution is -0.130. The number of nitrogens with two attached hydrogens (primary N) is 1. The summed E-state index contributed by atoms with van der Waals surface area (Å²) >= 11 is 0. The van der Waals surface area contributed by atoms with Gasteiger partial charge in [-0.1, -0.05) is 36.4 Å². The van der Waals surface area contributed by atoms with Crippen LogP contribution in [0.4, 0.5) is 5.69 Å². The van der Waals surface area contributed by atoms with Gasteiger partial charge in [0.15, 0.2) is 5.82 Å². The lowest BCUT2D eigenvalue weighted by Gasteiger charge is -2.28. The molecular formula is C42H49ClN8O3. The summed E-state index contributed by atoms with van der Waals surface area (Å²) in [5, 5.41) is 12.6. The number of benzene rings is 3. The highest BCUT2D eigenvalue weighted by molar-refractivity contribution is 5.99. The van der Waals surface area contributed by atoms with E-state index in [4.69, 9.17) is 5.73 Å². The molecule has 2 fully saturated rings. The lowest BCUT2D eigenvalue weighted by Crippen LogP contribution is -2.48. The first-order chi connectivity index (χ1) is 25.8. The van der Waals surface area contributed by atoms with E-state index >= 15 is 0 Å². The number of amides is 3. The zero-order chi connectivity index (χ0) is 36.7. The number of pyridine rings is 1. The topological polar surface area (TPSA) is 167 Å². The maximum absolute atomic E-state index is 13.9. The maximum atomic E-state index is 13.9. The number of hydrogen-bond acceptors (Lipinski definition) is 7. The number of rotatable bonds is 11. The predicted molar refractivity (Wildman–Crippen MR) is 215 cm³/mol. The molecule has 1 saturated heterocycles. The number of piperidine rings is 1. The average molecular weight is 749 g/mol. The monoisotopic (exact) mass is 748 g/mol. The minimum atomic E-state index is -0.790. The largest absolute Gasteiger partial charge is 0.349 e. The molecule has 1 saturated carbocycles. The number of halogens is 1. The molecule has 12 heteroatoms. The Morgan fingerprint density at radius 2 is 1.69 bits per heavy atom. The number of aryl methyl sites for hydroxylation is 1. The predicted octanol–water partition coefficient (Wildman–Crippen LogP) is 5.94. The quantitative estimate of drug-likeness (QED) is 0.0973. The Bertz CT molecular complexity index is 2060. The van der Waals surface area contributed by atoms with Crippen LogP contribution in [-0.4, -0.2) is 64.4 Å².